The van der Waals surface area contributed by atoms with Crippen LogP contribution in [0.15, 0.2) is 53.0 Å². The first-order chi connectivity index (χ1) is 15.0. The van der Waals surface area contributed by atoms with Crippen molar-refractivity contribution < 1.29 is 19.1 Å². The zero-order chi connectivity index (χ0) is 22.2. The van der Waals surface area contributed by atoms with Crippen LogP contribution in [0.25, 0.3) is 0 Å². The number of benzene rings is 2. The molecule has 2 amide bonds. The molecule has 166 valence electrons. The summed E-state index contributed by atoms with van der Waals surface area (Å²) in [5.74, 6) is 0.920. The van der Waals surface area contributed by atoms with Gasteiger partial charge >= 0.3 is 0 Å². The summed E-state index contributed by atoms with van der Waals surface area (Å²) in [5.41, 5.74) is 0.946. The number of carbonyl (C=O) groups excluding carboxylic acids is 2. The Labute approximate surface area is 192 Å². The van der Waals surface area contributed by atoms with Crippen molar-refractivity contribution in [1.29, 1.82) is 0 Å². The number of amides is 2. The van der Waals surface area contributed by atoms with E-state index in [0.717, 1.165) is 35.7 Å². The van der Waals surface area contributed by atoms with Crippen LogP contribution < -0.4 is 14.8 Å². The Kier molecular flexibility index (Phi) is 8.35. The second-order valence-corrected chi connectivity index (χ2v) is 8.69. The Morgan fingerprint density at radius 3 is 2.29 bits per heavy atom. The average molecular weight is 489 g/mol. The molecule has 1 atom stereocenters. The van der Waals surface area contributed by atoms with Crippen molar-refractivity contribution in [3.8, 4) is 11.5 Å². The van der Waals surface area contributed by atoms with Crippen molar-refractivity contribution >= 4 is 27.7 Å². The van der Waals surface area contributed by atoms with Gasteiger partial charge in [0.2, 0.25) is 5.91 Å². The van der Waals surface area contributed by atoms with Gasteiger partial charge in [0.25, 0.3) is 5.91 Å². The van der Waals surface area contributed by atoms with Crippen LogP contribution in [0.2, 0.25) is 0 Å². The van der Waals surface area contributed by atoms with E-state index in [1.807, 2.05) is 24.3 Å². The number of nitrogens with zero attached hydrogens (tertiary/aromatic N) is 1. The highest BCUT2D eigenvalue weighted by molar-refractivity contribution is 9.10. The molecule has 0 aliphatic heterocycles. The third kappa shape index (κ3) is 6.72. The zero-order valence-corrected chi connectivity index (χ0v) is 19.6. The number of nitrogens with one attached hydrogen (secondary N) is 1. The van der Waals surface area contributed by atoms with Crippen molar-refractivity contribution in [2.24, 2.45) is 0 Å². The van der Waals surface area contributed by atoms with Crippen molar-refractivity contribution in [3.05, 3.63) is 58.6 Å². The maximum Gasteiger partial charge on any atom is 0.261 e. The van der Waals surface area contributed by atoms with E-state index in [-0.39, 0.29) is 24.5 Å². The van der Waals surface area contributed by atoms with Gasteiger partial charge in [0.1, 0.15) is 17.5 Å². The Morgan fingerprint density at radius 1 is 1.06 bits per heavy atom. The van der Waals surface area contributed by atoms with E-state index in [1.54, 1.807) is 43.2 Å². The molecule has 0 radical (unpaired) electrons. The zero-order valence-electron chi connectivity index (χ0n) is 18.0. The second kappa shape index (κ2) is 11.2. The van der Waals surface area contributed by atoms with Gasteiger partial charge < -0.3 is 19.7 Å². The maximum absolute atomic E-state index is 13.1. The predicted octanol–water partition coefficient (Wildman–Crippen LogP) is 4.31. The van der Waals surface area contributed by atoms with Crippen LogP contribution in [0.4, 0.5) is 0 Å². The van der Waals surface area contributed by atoms with E-state index in [1.165, 1.54) is 0 Å². The first-order valence-electron chi connectivity index (χ1n) is 10.6. The summed E-state index contributed by atoms with van der Waals surface area (Å²) < 4.78 is 11.8. The molecule has 2 aromatic rings. The third-order valence-corrected chi connectivity index (χ3v) is 6.09. The van der Waals surface area contributed by atoms with Crippen LogP contribution in [0.5, 0.6) is 11.5 Å². The fourth-order valence-corrected chi connectivity index (χ4v) is 3.93. The van der Waals surface area contributed by atoms with Crippen LogP contribution >= 0.6 is 15.9 Å². The molecular weight excluding hydrogens is 460 g/mol. The SMILES string of the molecule is COc1ccc(OCC(=O)N(Cc2ccc(Br)cc2)[C@@H](C)C(=O)NC2CCCC2)cc1. The Balaban J connectivity index is 1.68. The lowest BCUT2D eigenvalue weighted by Crippen LogP contribution is -2.50. The highest BCUT2D eigenvalue weighted by Crippen LogP contribution is 2.20. The van der Waals surface area contributed by atoms with Gasteiger partial charge in [0.15, 0.2) is 6.61 Å². The number of carbonyl (C=O) groups is 2. The summed E-state index contributed by atoms with van der Waals surface area (Å²) in [6, 6.07) is 14.4. The first-order valence-corrected chi connectivity index (χ1v) is 11.4. The summed E-state index contributed by atoms with van der Waals surface area (Å²) in [7, 11) is 1.59. The number of methoxy groups -OCH3 is 1. The van der Waals surface area contributed by atoms with E-state index < -0.39 is 6.04 Å². The van der Waals surface area contributed by atoms with Gasteiger partial charge in [-0.05, 0) is 61.7 Å². The number of hydrogen-bond donors (Lipinski definition) is 1. The van der Waals surface area contributed by atoms with Gasteiger partial charge in [0, 0.05) is 17.1 Å². The van der Waals surface area contributed by atoms with E-state index in [0.29, 0.717) is 18.0 Å². The van der Waals surface area contributed by atoms with Crippen molar-refractivity contribution in [3.63, 3.8) is 0 Å². The lowest BCUT2D eigenvalue weighted by atomic mass is 10.1. The molecule has 0 bridgehead atoms. The van der Waals surface area contributed by atoms with Crippen LogP contribution in [0.3, 0.4) is 0 Å². The standard InChI is InChI=1S/C24H29BrN2O4/c1-17(24(29)26-20-5-3-4-6-20)27(15-18-7-9-19(25)10-8-18)23(28)16-31-22-13-11-21(30-2)12-14-22/h7-14,17,20H,3-6,15-16H2,1-2H3,(H,26,29)/t17-/m0/s1. The molecule has 1 N–H and O–H groups in total. The van der Waals surface area contributed by atoms with Gasteiger partial charge in [-0.3, -0.25) is 9.59 Å². The largest absolute Gasteiger partial charge is 0.497 e. The van der Waals surface area contributed by atoms with Gasteiger partial charge in [-0.1, -0.05) is 40.9 Å². The van der Waals surface area contributed by atoms with Gasteiger partial charge in [-0.2, -0.15) is 0 Å². The Bertz CT molecular complexity index is 864. The number of hydrogen-bond acceptors (Lipinski definition) is 4. The smallest absolute Gasteiger partial charge is 0.261 e. The molecule has 7 heteroatoms. The predicted molar refractivity (Wildman–Crippen MR) is 123 cm³/mol. The fourth-order valence-electron chi connectivity index (χ4n) is 3.66. The average Bonchev–Trinajstić information content (AvgIpc) is 3.30. The van der Waals surface area contributed by atoms with Crippen LogP contribution in [0, 0.1) is 0 Å². The van der Waals surface area contributed by atoms with Crippen molar-refractivity contribution in [1.82, 2.24) is 10.2 Å². The minimum Gasteiger partial charge on any atom is -0.497 e. The molecular formula is C24H29BrN2O4. The van der Waals surface area contributed by atoms with Crippen LogP contribution in [-0.4, -0.2) is 42.5 Å². The van der Waals surface area contributed by atoms with Crippen molar-refractivity contribution in [2.45, 2.75) is 51.2 Å². The molecule has 6 nitrogen and oxygen atoms in total. The normalized spacial score (nSPS) is 14.7. The van der Waals surface area contributed by atoms with Crippen molar-refractivity contribution in [2.75, 3.05) is 13.7 Å². The molecule has 0 unspecified atom stereocenters. The molecule has 2 aromatic carbocycles. The lowest BCUT2D eigenvalue weighted by Gasteiger charge is -2.29. The number of halogens is 1. The molecule has 31 heavy (non-hydrogen) atoms. The molecule has 1 fully saturated rings. The summed E-state index contributed by atoms with van der Waals surface area (Å²) in [4.78, 5) is 27.5. The van der Waals surface area contributed by atoms with Gasteiger partial charge in [0.05, 0.1) is 7.11 Å². The summed E-state index contributed by atoms with van der Waals surface area (Å²) in [5, 5.41) is 3.10. The minimum absolute atomic E-state index is 0.123. The second-order valence-electron chi connectivity index (χ2n) is 7.78. The van der Waals surface area contributed by atoms with Crippen LogP contribution in [0.1, 0.15) is 38.2 Å². The molecule has 1 aliphatic rings. The van der Waals surface area contributed by atoms with E-state index in [2.05, 4.69) is 21.2 Å². The van der Waals surface area contributed by atoms with Gasteiger partial charge in [-0.25, -0.2) is 0 Å². The van der Waals surface area contributed by atoms with E-state index >= 15 is 0 Å². The molecule has 0 spiro atoms. The fraction of sp³-hybridized carbons (Fsp3) is 0.417. The number of ether oxygens (including phenoxy) is 2. The van der Waals surface area contributed by atoms with Crippen LogP contribution in [-0.2, 0) is 16.1 Å². The Morgan fingerprint density at radius 2 is 1.68 bits per heavy atom. The van der Waals surface area contributed by atoms with E-state index in [9.17, 15) is 9.59 Å². The molecule has 0 heterocycles. The quantitative estimate of drug-likeness (QED) is 0.570. The van der Waals surface area contributed by atoms with E-state index in [4.69, 9.17) is 9.47 Å². The highest BCUT2D eigenvalue weighted by Gasteiger charge is 2.28. The summed E-state index contributed by atoms with van der Waals surface area (Å²) in [6.45, 7) is 1.95. The topological polar surface area (TPSA) is 67.9 Å². The van der Waals surface area contributed by atoms with Gasteiger partial charge in [-0.15, -0.1) is 0 Å². The molecule has 1 saturated carbocycles. The summed E-state index contributed by atoms with van der Waals surface area (Å²) in [6.07, 6.45) is 4.27. The minimum atomic E-state index is -0.601. The Hall–Kier alpha value is -2.54. The molecule has 0 saturated heterocycles. The lowest BCUT2D eigenvalue weighted by molar-refractivity contribution is -0.142. The maximum atomic E-state index is 13.1. The highest BCUT2D eigenvalue weighted by atomic mass is 79.9. The third-order valence-electron chi connectivity index (χ3n) is 5.56. The summed E-state index contributed by atoms with van der Waals surface area (Å²) >= 11 is 3.43. The monoisotopic (exact) mass is 488 g/mol. The number of rotatable bonds is 9. The first kappa shape index (κ1) is 23.1. The molecule has 0 aromatic heterocycles. The molecule has 3 rings (SSSR count). The molecule has 1 aliphatic carbocycles.